The largest absolute Gasteiger partial charge is 0.507 e. The van der Waals surface area contributed by atoms with Crippen LogP contribution in [0.2, 0.25) is 0 Å². The summed E-state index contributed by atoms with van der Waals surface area (Å²) in [7, 11) is 0. The van der Waals surface area contributed by atoms with Gasteiger partial charge in [-0.2, -0.15) is 0 Å². The number of fused-ring (bicyclic) bond motifs is 1. The summed E-state index contributed by atoms with van der Waals surface area (Å²) in [5.74, 6) is 0.441. The Labute approximate surface area is 226 Å². The van der Waals surface area contributed by atoms with E-state index in [0.717, 1.165) is 22.4 Å². The first kappa shape index (κ1) is 24.5. The second kappa shape index (κ2) is 9.80. The minimum Gasteiger partial charge on any atom is -0.507 e. The number of ketones is 1. The molecule has 1 N–H and O–H groups in total. The van der Waals surface area contributed by atoms with Gasteiger partial charge in [0.1, 0.15) is 29.1 Å². The van der Waals surface area contributed by atoms with Gasteiger partial charge in [-0.1, -0.05) is 48.0 Å². The zero-order valence-electron chi connectivity index (χ0n) is 21.6. The van der Waals surface area contributed by atoms with Crippen LogP contribution in [0, 0.1) is 6.92 Å². The monoisotopic (exact) mass is 517 g/mol. The fraction of sp³-hybridized carbons (Fsp3) is 0.152. The molecule has 0 bridgehead atoms. The molecule has 6 rings (SSSR count). The molecule has 2 unspecified atom stereocenters. The predicted molar refractivity (Wildman–Crippen MR) is 149 cm³/mol. The summed E-state index contributed by atoms with van der Waals surface area (Å²) in [6, 6.07) is 28.6. The molecule has 0 aromatic heterocycles. The molecule has 194 valence electrons. The molecule has 0 spiro atoms. The maximum Gasteiger partial charge on any atom is 0.300 e. The molecule has 2 atom stereocenters. The van der Waals surface area contributed by atoms with E-state index >= 15 is 0 Å². The zero-order valence-corrected chi connectivity index (χ0v) is 21.6. The Hall–Kier alpha value is -4.84. The molecule has 1 fully saturated rings. The Bertz CT molecular complexity index is 1610. The van der Waals surface area contributed by atoms with Gasteiger partial charge in [0, 0.05) is 17.7 Å². The van der Waals surface area contributed by atoms with Crippen molar-refractivity contribution in [3.8, 4) is 17.2 Å². The number of anilines is 1. The van der Waals surface area contributed by atoms with E-state index in [2.05, 4.69) is 0 Å². The molecule has 6 nitrogen and oxygen atoms in total. The van der Waals surface area contributed by atoms with Crippen LogP contribution in [0.4, 0.5) is 5.69 Å². The van der Waals surface area contributed by atoms with Crippen LogP contribution in [0.15, 0.2) is 103 Å². The molecule has 0 radical (unpaired) electrons. The van der Waals surface area contributed by atoms with E-state index in [9.17, 15) is 14.7 Å². The standard InChI is InChI=1S/C33H27NO5/c1-20-7-6-8-22(17-20)30-29(31(35)23-11-16-28-24(19-23)18-21(2)38-28)32(36)33(37)34(30)25-12-14-27(15-13-25)39-26-9-4-3-5-10-26/h3-17,19,21,30,35H,18H2,1-2H3/b31-29-. The van der Waals surface area contributed by atoms with Gasteiger partial charge in [0.15, 0.2) is 0 Å². The number of benzene rings is 4. The Kier molecular flexibility index (Phi) is 6.15. The SMILES string of the molecule is Cc1cccc(C2/C(=C(/O)c3ccc4c(c3)CC(C)O4)C(=O)C(=O)N2c2ccc(Oc3ccccc3)cc2)c1. The number of rotatable bonds is 5. The second-order valence-electron chi connectivity index (χ2n) is 9.95. The van der Waals surface area contributed by atoms with Crippen molar-refractivity contribution in [2.75, 3.05) is 4.90 Å². The lowest BCUT2D eigenvalue weighted by atomic mass is 9.93. The molecule has 39 heavy (non-hydrogen) atoms. The Morgan fingerprint density at radius 2 is 1.64 bits per heavy atom. The summed E-state index contributed by atoms with van der Waals surface area (Å²) >= 11 is 0. The fourth-order valence-corrected chi connectivity index (χ4v) is 5.28. The third-order valence-electron chi connectivity index (χ3n) is 7.07. The minimum atomic E-state index is -0.797. The molecule has 0 saturated carbocycles. The number of nitrogens with zero attached hydrogens (tertiary/aromatic N) is 1. The molecular formula is C33H27NO5. The third-order valence-corrected chi connectivity index (χ3v) is 7.07. The highest BCUT2D eigenvalue weighted by Crippen LogP contribution is 2.43. The van der Waals surface area contributed by atoms with E-state index in [-0.39, 0.29) is 17.4 Å². The quantitative estimate of drug-likeness (QED) is 0.180. The average Bonchev–Trinajstić information content (AvgIpc) is 3.44. The molecule has 6 heteroatoms. The van der Waals surface area contributed by atoms with Crippen LogP contribution in [0.25, 0.3) is 5.76 Å². The molecule has 0 aliphatic carbocycles. The highest BCUT2D eigenvalue weighted by Gasteiger charge is 2.47. The Morgan fingerprint density at radius 3 is 2.38 bits per heavy atom. The van der Waals surface area contributed by atoms with Gasteiger partial charge in [0.2, 0.25) is 0 Å². The molecule has 1 amide bonds. The van der Waals surface area contributed by atoms with Crippen LogP contribution in [0.5, 0.6) is 17.2 Å². The zero-order chi connectivity index (χ0) is 27.1. The van der Waals surface area contributed by atoms with Gasteiger partial charge in [0.25, 0.3) is 11.7 Å². The molecular weight excluding hydrogens is 490 g/mol. The van der Waals surface area contributed by atoms with E-state index in [4.69, 9.17) is 9.47 Å². The van der Waals surface area contributed by atoms with Crippen molar-refractivity contribution >= 4 is 23.1 Å². The summed E-state index contributed by atoms with van der Waals surface area (Å²) in [6.07, 6.45) is 0.757. The Morgan fingerprint density at radius 1 is 0.897 bits per heavy atom. The van der Waals surface area contributed by atoms with Crippen molar-refractivity contribution < 1.29 is 24.2 Å². The summed E-state index contributed by atoms with van der Waals surface area (Å²) in [6.45, 7) is 3.94. The lowest BCUT2D eigenvalue weighted by Crippen LogP contribution is -2.29. The molecule has 2 heterocycles. The van der Waals surface area contributed by atoms with Crippen LogP contribution in [-0.4, -0.2) is 22.9 Å². The van der Waals surface area contributed by atoms with Gasteiger partial charge in [-0.05, 0) is 79.6 Å². The van der Waals surface area contributed by atoms with Gasteiger partial charge in [-0.3, -0.25) is 14.5 Å². The fourth-order valence-electron chi connectivity index (χ4n) is 5.28. The minimum absolute atomic E-state index is 0.0455. The third kappa shape index (κ3) is 4.55. The van der Waals surface area contributed by atoms with E-state index in [1.165, 1.54) is 4.90 Å². The Balaban J connectivity index is 1.43. The number of aliphatic hydroxyl groups excluding tert-OH is 1. The summed E-state index contributed by atoms with van der Waals surface area (Å²) in [5, 5.41) is 11.5. The van der Waals surface area contributed by atoms with Crippen molar-refractivity contribution in [1.82, 2.24) is 0 Å². The molecule has 4 aromatic rings. The molecule has 2 aliphatic rings. The number of carbonyl (C=O) groups is 2. The molecule has 1 saturated heterocycles. The van der Waals surface area contributed by atoms with Gasteiger partial charge in [-0.25, -0.2) is 0 Å². The van der Waals surface area contributed by atoms with Crippen LogP contribution < -0.4 is 14.4 Å². The molecule has 4 aromatic carbocycles. The first-order valence-electron chi connectivity index (χ1n) is 12.9. The van der Waals surface area contributed by atoms with Crippen molar-refractivity contribution in [3.05, 3.63) is 125 Å². The highest BCUT2D eigenvalue weighted by molar-refractivity contribution is 6.51. The lowest BCUT2D eigenvalue weighted by molar-refractivity contribution is -0.132. The second-order valence-corrected chi connectivity index (χ2v) is 9.95. The summed E-state index contributed by atoms with van der Waals surface area (Å²) in [5.41, 5.74) is 3.74. The summed E-state index contributed by atoms with van der Waals surface area (Å²) in [4.78, 5) is 28.5. The first-order chi connectivity index (χ1) is 18.9. The van der Waals surface area contributed by atoms with Crippen LogP contribution in [0.3, 0.4) is 0 Å². The molecule has 2 aliphatic heterocycles. The van der Waals surface area contributed by atoms with E-state index in [0.29, 0.717) is 29.2 Å². The normalized spacial score (nSPS) is 19.6. The van der Waals surface area contributed by atoms with Crippen LogP contribution >= 0.6 is 0 Å². The van der Waals surface area contributed by atoms with E-state index < -0.39 is 17.7 Å². The average molecular weight is 518 g/mol. The number of hydrogen-bond donors (Lipinski definition) is 1. The number of carbonyl (C=O) groups excluding carboxylic acids is 2. The maximum atomic E-state index is 13.5. The van der Waals surface area contributed by atoms with Crippen LogP contribution in [0.1, 0.15) is 35.2 Å². The lowest BCUT2D eigenvalue weighted by Gasteiger charge is -2.26. The number of para-hydroxylation sites is 1. The topological polar surface area (TPSA) is 76.1 Å². The first-order valence-corrected chi connectivity index (χ1v) is 12.9. The van der Waals surface area contributed by atoms with Gasteiger partial charge in [0.05, 0.1) is 11.6 Å². The number of Topliss-reactive ketones (excluding diaryl/α,β-unsaturated/α-hetero) is 1. The van der Waals surface area contributed by atoms with Gasteiger partial charge < -0.3 is 14.6 Å². The number of aliphatic hydroxyl groups is 1. The number of ether oxygens (including phenoxy) is 2. The van der Waals surface area contributed by atoms with Gasteiger partial charge in [-0.15, -0.1) is 0 Å². The maximum absolute atomic E-state index is 13.5. The van der Waals surface area contributed by atoms with Crippen molar-refractivity contribution in [3.63, 3.8) is 0 Å². The van der Waals surface area contributed by atoms with Crippen molar-refractivity contribution in [2.24, 2.45) is 0 Å². The number of hydrogen-bond acceptors (Lipinski definition) is 5. The summed E-state index contributed by atoms with van der Waals surface area (Å²) < 4.78 is 11.7. The van der Waals surface area contributed by atoms with Crippen molar-refractivity contribution in [2.45, 2.75) is 32.4 Å². The number of aryl methyl sites for hydroxylation is 1. The van der Waals surface area contributed by atoms with Crippen LogP contribution in [-0.2, 0) is 16.0 Å². The van der Waals surface area contributed by atoms with E-state index in [1.807, 2.05) is 74.5 Å². The van der Waals surface area contributed by atoms with E-state index in [1.54, 1.807) is 36.4 Å². The highest BCUT2D eigenvalue weighted by atomic mass is 16.5. The predicted octanol–water partition coefficient (Wildman–Crippen LogP) is 6.74. The van der Waals surface area contributed by atoms with Crippen molar-refractivity contribution in [1.29, 1.82) is 0 Å². The smallest absolute Gasteiger partial charge is 0.300 e. The van der Waals surface area contributed by atoms with Gasteiger partial charge >= 0.3 is 0 Å². The number of amides is 1.